The second-order valence-corrected chi connectivity index (χ2v) is 4.92. The van der Waals surface area contributed by atoms with E-state index in [0.717, 1.165) is 10.7 Å². The van der Waals surface area contributed by atoms with Crippen molar-refractivity contribution >= 4 is 28.8 Å². The highest BCUT2D eigenvalue weighted by atomic mass is 32.1. The zero-order valence-electron chi connectivity index (χ0n) is 10.6. The van der Waals surface area contributed by atoms with E-state index in [9.17, 15) is 4.79 Å². The highest BCUT2D eigenvalue weighted by molar-refractivity contribution is 7.09. The minimum atomic E-state index is -0.479. The van der Waals surface area contributed by atoms with Gasteiger partial charge in [-0.3, -0.25) is 0 Å². The van der Waals surface area contributed by atoms with Crippen LogP contribution in [0.4, 0.5) is 11.5 Å². The molecular weight excluding hydrogens is 264 g/mol. The molecule has 0 bridgehead atoms. The van der Waals surface area contributed by atoms with Crippen LogP contribution in [-0.4, -0.2) is 23.0 Å². The number of aryl methyl sites for hydroxylation is 1. The van der Waals surface area contributed by atoms with E-state index in [1.807, 2.05) is 12.3 Å². The van der Waals surface area contributed by atoms with Crippen LogP contribution < -0.4 is 11.1 Å². The van der Waals surface area contributed by atoms with Gasteiger partial charge in [-0.05, 0) is 13.0 Å². The number of pyridine rings is 1. The lowest BCUT2D eigenvalue weighted by Gasteiger charge is -2.07. The van der Waals surface area contributed by atoms with Crippen molar-refractivity contribution in [3.63, 3.8) is 0 Å². The van der Waals surface area contributed by atoms with E-state index < -0.39 is 5.97 Å². The SMILES string of the molecule is COC(=O)c1cc(NCc2csc(C)n2)ncc1N. The first-order valence-corrected chi connectivity index (χ1v) is 6.47. The molecule has 0 fully saturated rings. The third-order valence-electron chi connectivity index (χ3n) is 2.46. The Kier molecular flexibility index (Phi) is 3.96. The Bertz CT molecular complexity index is 597. The summed E-state index contributed by atoms with van der Waals surface area (Å²) in [6.07, 6.45) is 1.43. The van der Waals surface area contributed by atoms with Crippen LogP contribution >= 0.6 is 11.3 Å². The van der Waals surface area contributed by atoms with Crippen molar-refractivity contribution < 1.29 is 9.53 Å². The summed E-state index contributed by atoms with van der Waals surface area (Å²) < 4.78 is 4.65. The monoisotopic (exact) mass is 278 g/mol. The second-order valence-electron chi connectivity index (χ2n) is 3.86. The third kappa shape index (κ3) is 3.19. The van der Waals surface area contributed by atoms with Crippen LogP contribution in [0.15, 0.2) is 17.6 Å². The first-order chi connectivity index (χ1) is 9.10. The smallest absolute Gasteiger partial charge is 0.340 e. The number of nitrogens with one attached hydrogen (secondary N) is 1. The summed E-state index contributed by atoms with van der Waals surface area (Å²) in [6.45, 7) is 2.49. The molecule has 2 aromatic rings. The Morgan fingerprint density at radius 1 is 1.58 bits per heavy atom. The van der Waals surface area contributed by atoms with Crippen LogP contribution in [0, 0.1) is 6.92 Å². The predicted molar refractivity (Wildman–Crippen MR) is 74.2 cm³/mol. The average molecular weight is 278 g/mol. The molecule has 0 spiro atoms. The van der Waals surface area contributed by atoms with Crippen molar-refractivity contribution in [2.75, 3.05) is 18.2 Å². The molecule has 0 amide bonds. The van der Waals surface area contributed by atoms with Crippen LogP contribution in [0.1, 0.15) is 21.1 Å². The van der Waals surface area contributed by atoms with Crippen molar-refractivity contribution in [3.8, 4) is 0 Å². The van der Waals surface area contributed by atoms with E-state index in [0.29, 0.717) is 23.6 Å². The van der Waals surface area contributed by atoms with Gasteiger partial charge in [0.1, 0.15) is 5.82 Å². The van der Waals surface area contributed by atoms with E-state index >= 15 is 0 Å². The minimum absolute atomic E-state index is 0.293. The van der Waals surface area contributed by atoms with Crippen molar-refractivity contribution in [3.05, 3.63) is 33.9 Å². The standard InChI is InChI=1S/C12H14N4O2S/c1-7-16-8(6-19-7)4-14-11-3-9(12(17)18-2)10(13)5-15-11/h3,5-6H,4,13H2,1-2H3,(H,14,15). The number of carbonyl (C=O) groups excluding carboxylic acids is 1. The van der Waals surface area contributed by atoms with Crippen molar-refractivity contribution in [2.45, 2.75) is 13.5 Å². The predicted octanol–water partition coefficient (Wildman–Crippen LogP) is 1.83. The van der Waals surface area contributed by atoms with Crippen LogP contribution in [0.2, 0.25) is 0 Å². The molecule has 0 saturated carbocycles. The topological polar surface area (TPSA) is 90.1 Å². The first kappa shape index (κ1) is 13.3. The van der Waals surface area contributed by atoms with Gasteiger partial charge in [0.15, 0.2) is 0 Å². The zero-order chi connectivity index (χ0) is 13.8. The Hall–Kier alpha value is -2.15. The molecule has 6 nitrogen and oxygen atoms in total. The molecule has 2 rings (SSSR count). The fourth-order valence-corrected chi connectivity index (χ4v) is 2.13. The Balaban J connectivity index is 2.10. The molecule has 0 aromatic carbocycles. The van der Waals surface area contributed by atoms with Crippen molar-refractivity contribution in [1.29, 1.82) is 0 Å². The number of methoxy groups -OCH3 is 1. The van der Waals surface area contributed by atoms with Crippen LogP contribution in [0.5, 0.6) is 0 Å². The number of ether oxygens (including phenoxy) is 1. The Morgan fingerprint density at radius 2 is 2.37 bits per heavy atom. The number of rotatable bonds is 4. The number of thiazole rings is 1. The molecule has 0 aliphatic heterocycles. The first-order valence-electron chi connectivity index (χ1n) is 5.59. The fraction of sp³-hybridized carbons (Fsp3) is 0.250. The Labute approximate surface area is 114 Å². The molecule has 19 heavy (non-hydrogen) atoms. The maximum absolute atomic E-state index is 11.5. The maximum atomic E-state index is 11.5. The zero-order valence-corrected chi connectivity index (χ0v) is 11.5. The molecule has 3 N–H and O–H groups in total. The summed E-state index contributed by atoms with van der Waals surface area (Å²) in [4.78, 5) is 19.9. The normalized spacial score (nSPS) is 10.2. The summed E-state index contributed by atoms with van der Waals surface area (Å²) in [6, 6.07) is 1.57. The molecule has 2 aromatic heterocycles. The van der Waals surface area contributed by atoms with Gasteiger partial charge in [0.2, 0.25) is 0 Å². The molecule has 0 aliphatic rings. The molecule has 0 unspecified atom stereocenters. The van der Waals surface area contributed by atoms with E-state index in [1.165, 1.54) is 13.3 Å². The molecule has 7 heteroatoms. The minimum Gasteiger partial charge on any atom is -0.465 e. The Morgan fingerprint density at radius 3 is 3.00 bits per heavy atom. The van der Waals surface area contributed by atoms with E-state index in [4.69, 9.17) is 5.73 Å². The fourth-order valence-electron chi connectivity index (χ4n) is 1.52. The molecule has 2 heterocycles. The summed E-state index contributed by atoms with van der Waals surface area (Å²) >= 11 is 1.59. The lowest BCUT2D eigenvalue weighted by Crippen LogP contribution is -2.09. The molecule has 0 atom stereocenters. The van der Waals surface area contributed by atoms with Crippen molar-refractivity contribution in [1.82, 2.24) is 9.97 Å². The summed E-state index contributed by atoms with van der Waals surface area (Å²) in [5, 5.41) is 6.08. The summed E-state index contributed by atoms with van der Waals surface area (Å²) in [5.41, 5.74) is 7.20. The number of nitrogens with two attached hydrogens (primary N) is 1. The summed E-state index contributed by atoms with van der Waals surface area (Å²) in [5.74, 6) is 0.0766. The maximum Gasteiger partial charge on any atom is 0.340 e. The number of carbonyl (C=O) groups is 1. The van der Waals surface area contributed by atoms with Gasteiger partial charge in [-0.1, -0.05) is 0 Å². The lowest BCUT2D eigenvalue weighted by atomic mass is 10.2. The van der Waals surface area contributed by atoms with Gasteiger partial charge in [-0.2, -0.15) is 0 Å². The number of hydrogen-bond donors (Lipinski definition) is 2. The van der Waals surface area contributed by atoms with Gasteiger partial charge < -0.3 is 15.8 Å². The average Bonchev–Trinajstić information content (AvgIpc) is 2.83. The van der Waals surface area contributed by atoms with E-state index in [1.54, 1.807) is 17.4 Å². The largest absolute Gasteiger partial charge is 0.465 e. The highest BCUT2D eigenvalue weighted by Crippen LogP contribution is 2.17. The molecule has 0 aliphatic carbocycles. The molecular formula is C12H14N4O2S. The van der Waals surface area contributed by atoms with Crippen LogP contribution in [-0.2, 0) is 11.3 Å². The second kappa shape index (κ2) is 5.66. The number of aromatic nitrogens is 2. The van der Waals surface area contributed by atoms with Gasteiger partial charge in [0.25, 0.3) is 0 Å². The van der Waals surface area contributed by atoms with Gasteiger partial charge >= 0.3 is 5.97 Å². The van der Waals surface area contributed by atoms with Gasteiger partial charge in [0.05, 0.1) is 41.8 Å². The molecule has 0 saturated heterocycles. The number of hydrogen-bond acceptors (Lipinski definition) is 7. The quantitative estimate of drug-likeness (QED) is 0.829. The number of anilines is 2. The van der Waals surface area contributed by atoms with Crippen LogP contribution in [0.3, 0.4) is 0 Å². The highest BCUT2D eigenvalue weighted by Gasteiger charge is 2.11. The van der Waals surface area contributed by atoms with E-state index in [-0.39, 0.29) is 0 Å². The molecule has 0 radical (unpaired) electrons. The van der Waals surface area contributed by atoms with E-state index in [2.05, 4.69) is 20.0 Å². The summed E-state index contributed by atoms with van der Waals surface area (Å²) in [7, 11) is 1.31. The van der Waals surface area contributed by atoms with Gasteiger partial charge in [-0.25, -0.2) is 14.8 Å². The number of nitrogen functional groups attached to an aromatic ring is 1. The van der Waals surface area contributed by atoms with Gasteiger partial charge in [-0.15, -0.1) is 11.3 Å². The van der Waals surface area contributed by atoms with Gasteiger partial charge in [0, 0.05) is 5.38 Å². The van der Waals surface area contributed by atoms with Crippen LogP contribution in [0.25, 0.3) is 0 Å². The number of nitrogens with zero attached hydrogens (tertiary/aromatic N) is 2. The van der Waals surface area contributed by atoms with Crippen molar-refractivity contribution in [2.24, 2.45) is 0 Å². The third-order valence-corrected chi connectivity index (χ3v) is 3.28. The number of esters is 1. The molecule has 100 valence electrons. The lowest BCUT2D eigenvalue weighted by molar-refractivity contribution is 0.0602.